The van der Waals surface area contributed by atoms with Crippen LogP contribution in [-0.2, 0) is 9.53 Å². The molecule has 0 saturated carbocycles. The second kappa shape index (κ2) is 4.11. The summed E-state index contributed by atoms with van der Waals surface area (Å²) in [4.78, 5) is 11.0. The SMILES string of the molecule is O=C(O)C1(CNc2ccc(Br)s2)COC1. The van der Waals surface area contributed by atoms with Crippen molar-refractivity contribution in [3.05, 3.63) is 15.9 Å². The van der Waals surface area contributed by atoms with Gasteiger partial charge >= 0.3 is 5.97 Å². The van der Waals surface area contributed by atoms with Gasteiger partial charge in [-0.15, -0.1) is 11.3 Å². The number of rotatable bonds is 4. The average Bonchev–Trinajstić information content (AvgIpc) is 2.49. The van der Waals surface area contributed by atoms with E-state index in [1.807, 2.05) is 12.1 Å². The molecule has 6 heteroatoms. The smallest absolute Gasteiger partial charge is 0.316 e. The molecule has 0 unspecified atom stereocenters. The summed E-state index contributed by atoms with van der Waals surface area (Å²) in [6.45, 7) is 0.999. The van der Waals surface area contributed by atoms with Gasteiger partial charge in [0.05, 0.1) is 22.0 Å². The summed E-state index contributed by atoms with van der Waals surface area (Å²) in [7, 11) is 0. The normalized spacial score (nSPS) is 18.2. The summed E-state index contributed by atoms with van der Waals surface area (Å²) in [5.41, 5.74) is -0.740. The maximum absolute atomic E-state index is 11.0. The lowest BCUT2D eigenvalue weighted by molar-refractivity contribution is -0.176. The van der Waals surface area contributed by atoms with Gasteiger partial charge in [0.2, 0.25) is 0 Å². The van der Waals surface area contributed by atoms with Gasteiger partial charge in [0, 0.05) is 6.54 Å². The van der Waals surface area contributed by atoms with Crippen molar-refractivity contribution in [2.24, 2.45) is 5.41 Å². The molecule has 0 aromatic carbocycles. The third kappa shape index (κ3) is 2.16. The summed E-state index contributed by atoms with van der Waals surface area (Å²) in [6.07, 6.45) is 0. The van der Waals surface area contributed by atoms with Gasteiger partial charge in [-0.1, -0.05) is 0 Å². The first-order valence-electron chi connectivity index (χ1n) is 4.43. The predicted molar refractivity (Wildman–Crippen MR) is 61.4 cm³/mol. The predicted octanol–water partition coefficient (Wildman–Crippen LogP) is 2.02. The van der Waals surface area contributed by atoms with Crippen LogP contribution in [0.3, 0.4) is 0 Å². The van der Waals surface area contributed by atoms with Crippen LogP contribution in [0.5, 0.6) is 0 Å². The Morgan fingerprint density at radius 3 is 2.80 bits per heavy atom. The molecular formula is C9H10BrNO3S. The van der Waals surface area contributed by atoms with Crippen molar-refractivity contribution in [1.82, 2.24) is 0 Å². The second-order valence-electron chi connectivity index (χ2n) is 3.54. The molecule has 1 aliphatic heterocycles. The van der Waals surface area contributed by atoms with Gasteiger partial charge < -0.3 is 15.2 Å². The Bertz CT molecular complexity index is 375. The number of thiophene rings is 1. The number of aliphatic carboxylic acids is 1. The van der Waals surface area contributed by atoms with Gasteiger partial charge in [0.1, 0.15) is 5.41 Å². The largest absolute Gasteiger partial charge is 0.481 e. The monoisotopic (exact) mass is 291 g/mol. The Morgan fingerprint density at radius 1 is 1.67 bits per heavy atom. The third-order valence-corrected chi connectivity index (χ3v) is 3.97. The number of hydrogen-bond acceptors (Lipinski definition) is 4. The van der Waals surface area contributed by atoms with E-state index in [0.29, 0.717) is 19.8 Å². The maximum atomic E-state index is 11.0. The van der Waals surface area contributed by atoms with E-state index in [4.69, 9.17) is 9.84 Å². The van der Waals surface area contributed by atoms with Gasteiger partial charge in [-0.3, -0.25) is 4.79 Å². The zero-order valence-electron chi connectivity index (χ0n) is 7.83. The zero-order valence-corrected chi connectivity index (χ0v) is 10.2. The highest BCUT2D eigenvalue weighted by atomic mass is 79.9. The quantitative estimate of drug-likeness (QED) is 0.891. The minimum Gasteiger partial charge on any atom is -0.481 e. The first-order chi connectivity index (χ1) is 7.12. The summed E-state index contributed by atoms with van der Waals surface area (Å²) in [5, 5.41) is 13.1. The Kier molecular flexibility index (Phi) is 2.99. The van der Waals surface area contributed by atoms with Crippen molar-refractivity contribution >= 4 is 38.2 Å². The molecule has 1 aliphatic rings. The van der Waals surface area contributed by atoms with Crippen LogP contribution in [0.4, 0.5) is 5.00 Å². The van der Waals surface area contributed by atoms with Crippen molar-refractivity contribution in [3.8, 4) is 0 Å². The van der Waals surface area contributed by atoms with Crippen LogP contribution in [0.15, 0.2) is 15.9 Å². The minimum absolute atomic E-state index is 0.294. The van der Waals surface area contributed by atoms with E-state index in [1.54, 1.807) is 11.3 Å². The van der Waals surface area contributed by atoms with E-state index >= 15 is 0 Å². The lowest BCUT2D eigenvalue weighted by atomic mass is 9.86. The summed E-state index contributed by atoms with van der Waals surface area (Å²) >= 11 is 4.90. The molecule has 82 valence electrons. The molecule has 1 aromatic rings. The van der Waals surface area contributed by atoms with Crippen LogP contribution >= 0.6 is 27.3 Å². The van der Waals surface area contributed by atoms with Gasteiger partial charge in [-0.05, 0) is 28.1 Å². The first kappa shape index (κ1) is 10.9. The van der Waals surface area contributed by atoms with Crippen molar-refractivity contribution in [2.45, 2.75) is 0 Å². The average molecular weight is 292 g/mol. The highest BCUT2D eigenvalue weighted by Crippen LogP contribution is 2.31. The van der Waals surface area contributed by atoms with Gasteiger partial charge in [0.25, 0.3) is 0 Å². The second-order valence-corrected chi connectivity index (χ2v) is 6.00. The third-order valence-electron chi connectivity index (χ3n) is 2.38. The first-order valence-corrected chi connectivity index (χ1v) is 6.04. The van der Waals surface area contributed by atoms with Gasteiger partial charge in [-0.25, -0.2) is 0 Å². The molecule has 0 amide bonds. The number of carboxylic acid groups (broad SMARTS) is 1. The maximum Gasteiger partial charge on any atom is 0.316 e. The molecule has 1 saturated heterocycles. The summed E-state index contributed by atoms with van der Waals surface area (Å²) < 4.78 is 5.99. The lowest BCUT2D eigenvalue weighted by Crippen LogP contribution is -2.53. The number of halogens is 1. The van der Waals surface area contributed by atoms with E-state index in [9.17, 15) is 4.79 Å². The number of hydrogen-bond donors (Lipinski definition) is 2. The fraction of sp³-hybridized carbons (Fsp3) is 0.444. The fourth-order valence-corrected chi connectivity index (χ4v) is 2.60. The number of carbonyl (C=O) groups is 1. The Hall–Kier alpha value is -0.590. The number of nitrogens with one attached hydrogen (secondary N) is 1. The molecular weight excluding hydrogens is 282 g/mol. The van der Waals surface area contributed by atoms with Crippen LogP contribution in [0.25, 0.3) is 0 Å². The zero-order chi connectivity index (χ0) is 10.9. The Morgan fingerprint density at radius 2 is 2.40 bits per heavy atom. The topological polar surface area (TPSA) is 58.6 Å². The van der Waals surface area contributed by atoms with Crippen LogP contribution in [-0.4, -0.2) is 30.8 Å². The molecule has 15 heavy (non-hydrogen) atoms. The molecule has 0 aliphatic carbocycles. The molecule has 1 aromatic heterocycles. The highest BCUT2D eigenvalue weighted by molar-refractivity contribution is 9.11. The van der Waals surface area contributed by atoms with E-state index in [2.05, 4.69) is 21.2 Å². The fourth-order valence-electron chi connectivity index (χ4n) is 1.32. The number of carboxylic acids is 1. The van der Waals surface area contributed by atoms with E-state index < -0.39 is 11.4 Å². The number of ether oxygens (including phenoxy) is 1. The minimum atomic E-state index is -0.795. The molecule has 0 radical (unpaired) electrons. The number of anilines is 1. The van der Waals surface area contributed by atoms with Gasteiger partial charge in [-0.2, -0.15) is 0 Å². The van der Waals surface area contributed by atoms with E-state index in [-0.39, 0.29) is 0 Å². The molecule has 0 bridgehead atoms. The van der Waals surface area contributed by atoms with Gasteiger partial charge in [0.15, 0.2) is 0 Å². The molecule has 0 atom stereocenters. The van der Waals surface area contributed by atoms with Crippen molar-refractivity contribution < 1.29 is 14.6 Å². The molecule has 2 rings (SSSR count). The molecule has 2 N–H and O–H groups in total. The standard InChI is InChI=1S/C9H10BrNO3S/c10-6-1-2-7(15-6)11-3-9(8(12)13)4-14-5-9/h1-2,11H,3-5H2,(H,12,13). The highest BCUT2D eigenvalue weighted by Gasteiger charge is 2.46. The molecule has 1 fully saturated rings. The summed E-state index contributed by atoms with van der Waals surface area (Å²) in [5.74, 6) is -0.795. The molecule has 2 heterocycles. The molecule has 4 nitrogen and oxygen atoms in total. The molecule has 0 spiro atoms. The van der Waals surface area contributed by atoms with Crippen LogP contribution < -0.4 is 5.32 Å². The Balaban J connectivity index is 1.95. The van der Waals surface area contributed by atoms with Crippen LogP contribution in [0.2, 0.25) is 0 Å². The lowest BCUT2D eigenvalue weighted by Gasteiger charge is -2.37. The van der Waals surface area contributed by atoms with Crippen molar-refractivity contribution in [1.29, 1.82) is 0 Å². The summed E-state index contributed by atoms with van der Waals surface area (Å²) in [6, 6.07) is 3.85. The van der Waals surface area contributed by atoms with Crippen molar-refractivity contribution in [2.75, 3.05) is 25.1 Å². The van der Waals surface area contributed by atoms with E-state index in [0.717, 1.165) is 8.79 Å². The van der Waals surface area contributed by atoms with Crippen LogP contribution in [0, 0.1) is 5.41 Å². The van der Waals surface area contributed by atoms with E-state index in [1.165, 1.54) is 0 Å². The van der Waals surface area contributed by atoms with Crippen LogP contribution in [0.1, 0.15) is 0 Å². The van der Waals surface area contributed by atoms with Crippen molar-refractivity contribution in [3.63, 3.8) is 0 Å². The Labute approximate surface area is 99.4 Å².